The molecule has 0 bridgehead atoms. The lowest BCUT2D eigenvalue weighted by Gasteiger charge is -1.84. The Kier molecular flexibility index (Phi) is 4.46. The van der Waals surface area contributed by atoms with Crippen LogP contribution in [0.4, 0.5) is 0 Å². The molecule has 5 heteroatoms. The molecule has 0 aliphatic rings. The van der Waals surface area contributed by atoms with Gasteiger partial charge in [-0.05, 0) is 0 Å². The minimum Gasteiger partial charge on any atom is -0.361 e. The summed E-state index contributed by atoms with van der Waals surface area (Å²) in [5, 5.41) is 0. The second-order valence-corrected chi connectivity index (χ2v) is 2.13. The highest BCUT2D eigenvalue weighted by Crippen LogP contribution is 1.89. The Hall–Kier alpha value is -1.57. The van der Waals surface area contributed by atoms with Gasteiger partial charge in [0, 0.05) is 0 Å². The van der Waals surface area contributed by atoms with Gasteiger partial charge in [-0.3, -0.25) is 4.79 Å². The van der Waals surface area contributed by atoms with Crippen molar-refractivity contribution in [3.8, 4) is 0 Å². The fourth-order valence-corrected chi connectivity index (χ4v) is 0.720. The standard InChI is InChI=1S/C7H10N4O/c1-3-5(10-8)7(12)6(4-2)11-9/h3-4H2,1-2H3. The highest BCUT2D eigenvalue weighted by Gasteiger charge is 2.28. The molecule has 64 valence electrons. The third-order valence-corrected chi connectivity index (χ3v) is 1.44. The van der Waals surface area contributed by atoms with Crippen molar-refractivity contribution in [1.82, 2.24) is 0 Å². The first-order valence-electron chi connectivity index (χ1n) is 3.67. The zero-order chi connectivity index (χ0) is 9.56. The van der Waals surface area contributed by atoms with E-state index in [0.717, 1.165) is 0 Å². The molecule has 0 aromatic carbocycles. The van der Waals surface area contributed by atoms with Gasteiger partial charge in [-0.25, -0.2) is 0 Å². The van der Waals surface area contributed by atoms with Gasteiger partial charge < -0.3 is 11.1 Å². The topological polar surface area (TPSA) is 89.9 Å². The van der Waals surface area contributed by atoms with E-state index in [9.17, 15) is 4.79 Å². The lowest BCUT2D eigenvalue weighted by atomic mass is 10.1. The zero-order valence-electron chi connectivity index (χ0n) is 7.11. The van der Waals surface area contributed by atoms with Crippen LogP contribution in [0.5, 0.6) is 0 Å². The average Bonchev–Trinajstić information content (AvgIpc) is 2.09. The van der Waals surface area contributed by atoms with Gasteiger partial charge in [0.05, 0.1) is 12.8 Å². The van der Waals surface area contributed by atoms with E-state index in [1.54, 1.807) is 13.8 Å². The number of hydrogen-bond donors (Lipinski definition) is 0. The molecule has 0 aromatic heterocycles. The summed E-state index contributed by atoms with van der Waals surface area (Å²) in [5.74, 6) is -0.509. The third-order valence-electron chi connectivity index (χ3n) is 1.44. The van der Waals surface area contributed by atoms with Crippen molar-refractivity contribution in [2.24, 2.45) is 0 Å². The summed E-state index contributed by atoms with van der Waals surface area (Å²) in [6.07, 6.45) is 0.628. The molecule has 0 atom stereocenters. The normalized spacial score (nSPS) is 8.17. The van der Waals surface area contributed by atoms with Crippen LogP contribution in [0.2, 0.25) is 0 Å². The lowest BCUT2D eigenvalue weighted by molar-refractivity contribution is -0.116. The second kappa shape index (κ2) is 5.13. The number of carbonyl (C=O) groups excluding carboxylic acids is 1. The summed E-state index contributed by atoms with van der Waals surface area (Å²) in [5.41, 5.74) is 16.7. The average molecular weight is 166 g/mol. The van der Waals surface area contributed by atoms with Crippen LogP contribution < -0.4 is 0 Å². The van der Waals surface area contributed by atoms with Crippen LogP contribution in [0.15, 0.2) is 0 Å². The molecule has 0 aliphatic heterocycles. The van der Waals surface area contributed by atoms with Gasteiger partial charge in [-0.15, -0.1) is 0 Å². The van der Waals surface area contributed by atoms with Crippen molar-refractivity contribution >= 4 is 17.2 Å². The van der Waals surface area contributed by atoms with E-state index < -0.39 is 5.78 Å². The van der Waals surface area contributed by atoms with E-state index in [2.05, 4.69) is 9.58 Å². The maximum absolute atomic E-state index is 11.2. The van der Waals surface area contributed by atoms with E-state index in [1.807, 2.05) is 0 Å². The predicted octanol–water partition coefficient (Wildman–Crippen LogP) is 0.717. The predicted molar refractivity (Wildman–Crippen MR) is 42.8 cm³/mol. The Bertz CT molecular complexity index is 254. The molecule has 0 spiro atoms. The molecule has 0 fully saturated rings. The smallest absolute Gasteiger partial charge is 0.346 e. The SMILES string of the molecule is CCC(=[N+]=[N-])C(=O)C(CC)=[N+]=[N-]. The van der Waals surface area contributed by atoms with E-state index in [-0.39, 0.29) is 11.4 Å². The van der Waals surface area contributed by atoms with E-state index in [0.29, 0.717) is 12.8 Å². The van der Waals surface area contributed by atoms with Gasteiger partial charge in [-0.2, -0.15) is 9.58 Å². The summed E-state index contributed by atoms with van der Waals surface area (Å²) in [4.78, 5) is 16.8. The second-order valence-electron chi connectivity index (χ2n) is 2.13. The van der Waals surface area contributed by atoms with Crippen LogP contribution in [0, 0.1) is 0 Å². The highest BCUT2D eigenvalue weighted by atomic mass is 16.1. The molecular weight excluding hydrogens is 156 g/mol. The lowest BCUT2D eigenvalue weighted by Crippen LogP contribution is -2.24. The number of rotatable bonds is 4. The van der Waals surface area contributed by atoms with Crippen molar-refractivity contribution in [2.45, 2.75) is 26.7 Å². The van der Waals surface area contributed by atoms with Gasteiger partial charge in [0.25, 0.3) is 0 Å². The van der Waals surface area contributed by atoms with Crippen LogP contribution in [-0.4, -0.2) is 26.8 Å². The number of Topliss-reactive ketones (excluding diaryl/α,β-unsaturated/α-hetero) is 1. The van der Waals surface area contributed by atoms with Gasteiger partial charge in [0.2, 0.25) is 0 Å². The number of nitrogens with zero attached hydrogens (tertiary/aromatic N) is 4. The summed E-state index contributed by atoms with van der Waals surface area (Å²) >= 11 is 0. The van der Waals surface area contributed by atoms with Crippen molar-refractivity contribution in [1.29, 1.82) is 0 Å². The molecule has 0 rings (SSSR count). The molecule has 5 nitrogen and oxygen atoms in total. The van der Waals surface area contributed by atoms with Crippen LogP contribution >= 0.6 is 0 Å². The molecule has 0 N–H and O–H groups in total. The minimum atomic E-state index is -0.509. The Labute approximate surface area is 70.3 Å². The maximum atomic E-state index is 11.2. The monoisotopic (exact) mass is 166 g/mol. The first-order valence-corrected chi connectivity index (χ1v) is 3.67. The first kappa shape index (κ1) is 10.4. The Morgan fingerprint density at radius 3 is 1.58 bits per heavy atom. The molecular formula is C7H10N4O. The van der Waals surface area contributed by atoms with Crippen LogP contribution in [0.3, 0.4) is 0 Å². The van der Waals surface area contributed by atoms with Gasteiger partial charge in [0.15, 0.2) is 0 Å². The molecule has 0 heterocycles. The quantitative estimate of drug-likeness (QED) is 0.343. The molecule has 0 aromatic rings. The first-order chi connectivity index (χ1) is 5.71. The van der Waals surface area contributed by atoms with Crippen molar-refractivity contribution < 1.29 is 14.4 Å². The van der Waals surface area contributed by atoms with Gasteiger partial charge >= 0.3 is 17.2 Å². The van der Waals surface area contributed by atoms with Crippen LogP contribution in [-0.2, 0) is 4.79 Å². The van der Waals surface area contributed by atoms with Crippen molar-refractivity contribution in [2.75, 3.05) is 0 Å². The zero-order valence-corrected chi connectivity index (χ0v) is 7.11. The fraction of sp³-hybridized carbons (Fsp3) is 0.571. The van der Waals surface area contributed by atoms with E-state index in [1.165, 1.54) is 0 Å². The Morgan fingerprint density at radius 2 is 1.42 bits per heavy atom. The van der Waals surface area contributed by atoms with Gasteiger partial charge in [0.1, 0.15) is 0 Å². The number of ketones is 1. The molecule has 0 unspecified atom stereocenters. The van der Waals surface area contributed by atoms with Crippen LogP contribution in [0.25, 0.3) is 11.1 Å². The highest BCUT2D eigenvalue weighted by molar-refractivity contribution is 6.64. The molecule has 0 aliphatic carbocycles. The molecule has 0 radical (unpaired) electrons. The van der Waals surface area contributed by atoms with E-state index in [4.69, 9.17) is 11.1 Å². The van der Waals surface area contributed by atoms with Gasteiger partial charge in [-0.1, -0.05) is 13.8 Å². The maximum Gasteiger partial charge on any atom is 0.346 e. The number of carbonyl (C=O) groups is 1. The summed E-state index contributed by atoms with van der Waals surface area (Å²) in [7, 11) is 0. The number of hydrogen-bond acceptors (Lipinski definition) is 1. The molecule has 12 heavy (non-hydrogen) atoms. The fourth-order valence-electron chi connectivity index (χ4n) is 0.720. The van der Waals surface area contributed by atoms with Crippen molar-refractivity contribution in [3.05, 3.63) is 11.1 Å². The Balaban J connectivity index is 4.82. The minimum absolute atomic E-state index is 0.00431. The molecule has 0 amide bonds. The van der Waals surface area contributed by atoms with E-state index >= 15 is 0 Å². The summed E-state index contributed by atoms with van der Waals surface area (Å²) in [6.45, 7) is 3.36. The summed E-state index contributed by atoms with van der Waals surface area (Å²) in [6, 6.07) is 0. The Morgan fingerprint density at radius 1 is 1.08 bits per heavy atom. The largest absolute Gasteiger partial charge is 0.361 e. The molecule has 0 saturated heterocycles. The summed E-state index contributed by atoms with van der Waals surface area (Å²) < 4.78 is 0. The van der Waals surface area contributed by atoms with Crippen LogP contribution in [0.1, 0.15) is 26.7 Å². The molecule has 0 saturated carbocycles. The third kappa shape index (κ3) is 2.23. The van der Waals surface area contributed by atoms with Crippen molar-refractivity contribution in [3.63, 3.8) is 0 Å².